The molecule has 1 aliphatic heterocycles. The highest BCUT2D eigenvalue weighted by molar-refractivity contribution is 7.80. The van der Waals surface area contributed by atoms with E-state index in [1.54, 1.807) is 12.1 Å². The lowest BCUT2D eigenvalue weighted by atomic mass is 9.78. The maximum absolute atomic E-state index is 10.7. The van der Waals surface area contributed by atoms with Crippen LogP contribution >= 0.6 is 12.2 Å². The predicted octanol–water partition coefficient (Wildman–Crippen LogP) is 3.95. The van der Waals surface area contributed by atoms with Gasteiger partial charge in [-0.1, -0.05) is 12.8 Å². The number of thiocarbonyl (C=S) groups is 1. The first-order valence-electron chi connectivity index (χ1n) is 7.97. The van der Waals surface area contributed by atoms with Crippen molar-refractivity contribution in [3.63, 3.8) is 0 Å². The van der Waals surface area contributed by atoms with Crippen molar-refractivity contribution in [3.05, 3.63) is 34.4 Å². The van der Waals surface area contributed by atoms with Crippen LogP contribution in [0.4, 0.5) is 11.4 Å². The van der Waals surface area contributed by atoms with Crippen LogP contribution in [0.2, 0.25) is 0 Å². The molecule has 1 N–H and O–H groups in total. The third-order valence-corrected chi connectivity index (χ3v) is 5.17. The van der Waals surface area contributed by atoms with E-state index in [-0.39, 0.29) is 10.6 Å². The van der Waals surface area contributed by atoms with Crippen molar-refractivity contribution in [2.75, 3.05) is 11.9 Å². The van der Waals surface area contributed by atoms with E-state index in [0.29, 0.717) is 6.04 Å². The van der Waals surface area contributed by atoms with Gasteiger partial charge in [0.2, 0.25) is 0 Å². The molecule has 0 bridgehead atoms. The highest BCUT2D eigenvalue weighted by atomic mass is 32.1. The molecule has 5 nitrogen and oxygen atoms in total. The zero-order valence-corrected chi connectivity index (χ0v) is 13.3. The maximum Gasteiger partial charge on any atom is 0.269 e. The van der Waals surface area contributed by atoms with Crippen LogP contribution < -0.4 is 5.32 Å². The first-order valence-corrected chi connectivity index (χ1v) is 8.38. The molecule has 0 radical (unpaired) electrons. The van der Waals surface area contributed by atoms with Gasteiger partial charge in [-0.2, -0.15) is 0 Å². The Morgan fingerprint density at radius 3 is 2.59 bits per heavy atom. The van der Waals surface area contributed by atoms with Gasteiger partial charge in [0, 0.05) is 30.4 Å². The van der Waals surface area contributed by atoms with E-state index in [0.717, 1.165) is 23.3 Å². The Morgan fingerprint density at radius 2 is 1.86 bits per heavy atom. The monoisotopic (exact) mass is 319 g/mol. The third kappa shape index (κ3) is 3.21. The van der Waals surface area contributed by atoms with Crippen LogP contribution in [-0.4, -0.2) is 27.5 Å². The number of likely N-dealkylation sites (tertiary alicyclic amines) is 1. The van der Waals surface area contributed by atoms with Gasteiger partial charge >= 0.3 is 0 Å². The molecule has 1 aromatic carbocycles. The van der Waals surface area contributed by atoms with Gasteiger partial charge < -0.3 is 10.2 Å². The number of rotatable bonds is 2. The molecule has 1 heterocycles. The van der Waals surface area contributed by atoms with Crippen molar-refractivity contribution in [1.82, 2.24) is 4.90 Å². The number of anilines is 1. The third-order valence-electron chi connectivity index (χ3n) is 4.83. The number of fused-ring (bicyclic) bond motifs is 1. The summed E-state index contributed by atoms with van der Waals surface area (Å²) in [6.45, 7) is 1.01. The summed E-state index contributed by atoms with van der Waals surface area (Å²) in [5.41, 5.74) is 0.912. The highest BCUT2D eigenvalue weighted by Crippen LogP contribution is 2.35. The van der Waals surface area contributed by atoms with Gasteiger partial charge in [0.25, 0.3) is 5.69 Å². The molecule has 0 amide bonds. The minimum Gasteiger partial charge on any atom is -0.346 e. The molecule has 3 rings (SSSR count). The van der Waals surface area contributed by atoms with Gasteiger partial charge in [-0.3, -0.25) is 10.1 Å². The Morgan fingerprint density at radius 1 is 1.18 bits per heavy atom. The van der Waals surface area contributed by atoms with E-state index in [2.05, 4.69) is 10.2 Å². The average molecular weight is 319 g/mol. The molecular formula is C16H21N3O2S. The summed E-state index contributed by atoms with van der Waals surface area (Å²) in [4.78, 5) is 12.6. The first-order chi connectivity index (χ1) is 10.6. The van der Waals surface area contributed by atoms with E-state index in [9.17, 15) is 10.1 Å². The van der Waals surface area contributed by atoms with Gasteiger partial charge in [-0.25, -0.2) is 0 Å². The van der Waals surface area contributed by atoms with Gasteiger partial charge in [0.1, 0.15) is 0 Å². The maximum atomic E-state index is 10.7. The van der Waals surface area contributed by atoms with Crippen LogP contribution in [0, 0.1) is 16.0 Å². The Kier molecular flexibility index (Phi) is 4.57. The quantitative estimate of drug-likeness (QED) is 0.508. The van der Waals surface area contributed by atoms with E-state index >= 15 is 0 Å². The Balaban J connectivity index is 1.66. The lowest BCUT2D eigenvalue weighted by Gasteiger charge is -2.45. The lowest BCUT2D eigenvalue weighted by Crippen LogP contribution is -2.51. The Labute approximate surface area is 135 Å². The molecule has 1 aromatic rings. The fourth-order valence-corrected chi connectivity index (χ4v) is 4.08. The standard InChI is InChI=1S/C16H21N3O2S/c20-19(21)14-9-7-13(8-10-14)17-16(22)18-11-3-5-12-4-1-2-6-15(12)18/h7-10,12,15H,1-6,11H2,(H,17,22)/t12-,15+/m0/s1. The van der Waals surface area contributed by atoms with Gasteiger partial charge in [-0.05, 0) is 56.0 Å². The molecule has 118 valence electrons. The summed E-state index contributed by atoms with van der Waals surface area (Å²) in [5.74, 6) is 0.777. The first kappa shape index (κ1) is 15.2. The summed E-state index contributed by atoms with van der Waals surface area (Å²) in [6.07, 6.45) is 7.70. The molecule has 2 atom stereocenters. The van der Waals surface area contributed by atoms with Crippen molar-refractivity contribution in [2.24, 2.45) is 5.92 Å². The summed E-state index contributed by atoms with van der Waals surface area (Å²) in [5, 5.41) is 14.7. The number of non-ortho nitro benzene ring substituents is 1. The lowest BCUT2D eigenvalue weighted by molar-refractivity contribution is -0.384. The minimum absolute atomic E-state index is 0.0989. The Bertz CT molecular complexity index is 559. The van der Waals surface area contributed by atoms with Crippen molar-refractivity contribution < 1.29 is 4.92 Å². The number of nitrogens with zero attached hydrogens (tertiary/aromatic N) is 2. The van der Waals surface area contributed by atoms with E-state index in [1.807, 2.05) is 0 Å². The van der Waals surface area contributed by atoms with E-state index in [1.165, 1.54) is 50.7 Å². The Hall–Kier alpha value is -1.69. The number of benzene rings is 1. The van der Waals surface area contributed by atoms with Crippen LogP contribution in [0.25, 0.3) is 0 Å². The molecule has 2 fully saturated rings. The van der Waals surface area contributed by atoms with E-state index < -0.39 is 0 Å². The van der Waals surface area contributed by atoms with Crippen molar-refractivity contribution in [3.8, 4) is 0 Å². The van der Waals surface area contributed by atoms with Crippen LogP contribution in [0.3, 0.4) is 0 Å². The fraction of sp³-hybridized carbons (Fsp3) is 0.562. The second-order valence-electron chi connectivity index (χ2n) is 6.18. The highest BCUT2D eigenvalue weighted by Gasteiger charge is 2.34. The smallest absolute Gasteiger partial charge is 0.269 e. The average Bonchev–Trinajstić information content (AvgIpc) is 2.54. The van der Waals surface area contributed by atoms with Crippen LogP contribution in [0.15, 0.2) is 24.3 Å². The molecule has 1 aliphatic carbocycles. The predicted molar refractivity (Wildman–Crippen MR) is 91.0 cm³/mol. The number of nitrogens with one attached hydrogen (secondary N) is 1. The van der Waals surface area contributed by atoms with Crippen molar-refractivity contribution in [2.45, 2.75) is 44.6 Å². The number of nitro benzene ring substituents is 1. The number of piperidine rings is 1. The molecule has 6 heteroatoms. The molecule has 1 saturated heterocycles. The van der Waals surface area contributed by atoms with E-state index in [4.69, 9.17) is 12.2 Å². The molecule has 0 spiro atoms. The molecule has 2 aliphatic rings. The second-order valence-corrected chi connectivity index (χ2v) is 6.57. The SMILES string of the molecule is O=[N+]([O-])c1ccc(NC(=S)N2CCC[C@@H]3CCCC[C@H]32)cc1. The second kappa shape index (κ2) is 6.60. The summed E-state index contributed by atoms with van der Waals surface area (Å²) >= 11 is 5.59. The topological polar surface area (TPSA) is 58.4 Å². The molecular weight excluding hydrogens is 298 g/mol. The van der Waals surface area contributed by atoms with Crippen LogP contribution in [0.1, 0.15) is 38.5 Å². The zero-order valence-electron chi connectivity index (χ0n) is 12.5. The van der Waals surface area contributed by atoms with Gasteiger partial charge in [0.15, 0.2) is 5.11 Å². The fourth-order valence-electron chi connectivity index (χ4n) is 3.74. The van der Waals surface area contributed by atoms with Crippen molar-refractivity contribution >= 4 is 28.7 Å². The molecule has 0 aromatic heterocycles. The largest absolute Gasteiger partial charge is 0.346 e. The van der Waals surface area contributed by atoms with Gasteiger partial charge in [0.05, 0.1) is 4.92 Å². The normalized spacial score (nSPS) is 24.5. The summed E-state index contributed by atoms with van der Waals surface area (Å²) < 4.78 is 0. The van der Waals surface area contributed by atoms with Crippen LogP contribution in [-0.2, 0) is 0 Å². The molecule has 1 saturated carbocycles. The number of hydrogen-bond donors (Lipinski definition) is 1. The van der Waals surface area contributed by atoms with Gasteiger partial charge in [-0.15, -0.1) is 0 Å². The molecule has 0 unspecified atom stereocenters. The molecule has 22 heavy (non-hydrogen) atoms. The van der Waals surface area contributed by atoms with Crippen LogP contribution in [0.5, 0.6) is 0 Å². The minimum atomic E-state index is -0.390. The number of nitro groups is 1. The summed E-state index contributed by atoms with van der Waals surface area (Å²) in [6, 6.07) is 7.01. The van der Waals surface area contributed by atoms with Crippen molar-refractivity contribution in [1.29, 1.82) is 0 Å². The number of hydrogen-bond acceptors (Lipinski definition) is 3. The zero-order chi connectivity index (χ0) is 15.5. The summed E-state index contributed by atoms with van der Waals surface area (Å²) in [7, 11) is 0.